The van der Waals surface area contributed by atoms with Crippen LogP contribution < -0.4 is 24.6 Å². The highest BCUT2D eigenvalue weighted by Crippen LogP contribution is 2.50. The highest BCUT2D eigenvalue weighted by atomic mass is 16.6. The van der Waals surface area contributed by atoms with Gasteiger partial charge in [0, 0.05) is 29.6 Å². The zero-order valence-electron chi connectivity index (χ0n) is 21.5. The molecule has 11 heteroatoms. The Morgan fingerprint density at radius 2 is 1.65 bits per heavy atom. The summed E-state index contributed by atoms with van der Waals surface area (Å²) < 4.78 is 10.7. The van der Waals surface area contributed by atoms with E-state index in [1.807, 2.05) is 41.3 Å². The lowest BCUT2D eigenvalue weighted by atomic mass is 9.88. The fourth-order valence-electron chi connectivity index (χ4n) is 5.90. The van der Waals surface area contributed by atoms with E-state index in [9.17, 15) is 24.5 Å². The summed E-state index contributed by atoms with van der Waals surface area (Å²) in [5.74, 6) is -2.46. The number of methoxy groups -OCH3 is 2. The normalized spacial score (nSPS) is 22.4. The maximum Gasteiger partial charge on any atom is 0.269 e. The zero-order chi connectivity index (χ0) is 28.1. The third-order valence-corrected chi connectivity index (χ3v) is 7.66. The van der Waals surface area contributed by atoms with Crippen LogP contribution in [-0.4, -0.2) is 48.9 Å². The molecule has 1 N–H and O–H groups in total. The Kier molecular flexibility index (Phi) is 5.98. The fraction of sp³-hybridized carbons (Fsp3) is 0.207. The largest absolute Gasteiger partial charge is 0.497 e. The van der Waals surface area contributed by atoms with E-state index in [0.717, 1.165) is 16.2 Å². The lowest BCUT2D eigenvalue weighted by Crippen LogP contribution is -2.50. The Balaban J connectivity index is 1.42. The van der Waals surface area contributed by atoms with Crippen molar-refractivity contribution in [2.75, 3.05) is 29.3 Å². The summed E-state index contributed by atoms with van der Waals surface area (Å²) in [6.07, 6.45) is 3.76. The van der Waals surface area contributed by atoms with E-state index >= 15 is 0 Å². The Morgan fingerprint density at radius 3 is 2.35 bits per heavy atom. The minimum absolute atomic E-state index is 0.116. The molecule has 3 aliphatic rings. The molecule has 0 aromatic heterocycles. The molecular weight excluding hydrogens is 516 g/mol. The molecule has 0 aliphatic carbocycles. The number of nitrogens with zero attached hydrogens (tertiary/aromatic N) is 3. The molecular formula is C29H24N4O7. The molecule has 3 aliphatic heterocycles. The third-order valence-electron chi connectivity index (χ3n) is 7.66. The highest BCUT2D eigenvalue weighted by molar-refractivity contribution is 6.25. The van der Waals surface area contributed by atoms with Gasteiger partial charge in [0.2, 0.25) is 17.7 Å². The minimum Gasteiger partial charge on any atom is -0.497 e. The van der Waals surface area contributed by atoms with Gasteiger partial charge in [-0.2, -0.15) is 0 Å². The van der Waals surface area contributed by atoms with E-state index in [1.54, 1.807) is 18.2 Å². The first-order chi connectivity index (χ1) is 19.3. The van der Waals surface area contributed by atoms with Crippen LogP contribution in [0.1, 0.15) is 5.56 Å². The van der Waals surface area contributed by atoms with Gasteiger partial charge >= 0.3 is 0 Å². The predicted molar refractivity (Wildman–Crippen MR) is 146 cm³/mol. The van der Waals surface area contributed by atoms with Crippen molar-refractivity contribution in [1.29, 1.82) is 0 Å². The molecule has 0 bridgehead atoms. The molecule has 40 heavy (non-hydrogen) atoms. The number of nitrogens with one attached hydrogen (secondary N) is 1. The number of hydrogen-bond acceptors (Lipinski definition) is 8. The number of ether oxygens (including phenoxy) is 2. The van der Waals surface area contributed by atoms with E-state index in [4.69, 9.17) is 9.47 Å². The van der Waals surface area contributed by atoms with Crippen LogP contribution in [0.2, 0.25) is 0 Å². The summed E-state index contributed by atoms with van der Waals surface area (Å²) in [5, 5.41) is 13.9. The van der Waals surface area contributed by atoms with Gasteiger partial charge in [-0.3, -0.25) is 24.5 Å². The first-order valence-corrected chi connectivity index (χ1v) is 12.5. The van der Waals surface area contributed by atoms with Crippen molar-refractivity contribution in [2.45, 2.75) is 12.1 Å². The number of benzene rings is 3. The molecule has 3 amide bonds. The number of fused-ring (bicyclic) bond motifs is 5. The van der Waals surface area contributed by atoms with Crippen LogP contribution in [-0.2, 0) is 14.4 Å². The number of amides is 3. The number of nitro benzene ring substituents is 1. The summed E-state index contributed by atoms with van der Waals surface area (Å²) in [5.41, 5.74) is 2.09. The van der Waals surface area contributed by atoms with Gasteiger partial charge in [0.05, 0.1) is 42.7 Å². The first-order valence-electron chi connectivity index (χ1n) is 12.5. The number of anilines is 3. The summed E-state index contributed by atoms with van der Waals surface area (Å²) >= 11 is 0. The molecule has 0 spiro atoms. The lowest BCUT2D eigenvalue weighted by Gasteiger charge is -2.36. The van der Waals surface area contributed by atoms with Gasteiger partial charge in [0.1, 0.15) is 17.5 Å². The quantitative estimate of drug-likeness (QED) is 0.285. The highest BCUT2D eigenvalue weighted by Gasteiger charge is 2.64. The van der Waals surface area contributed by atoms with Crippen LogP contribution in [0.4, 0.5) is 22.7 Å². The van der Waals surface area contributed by atoms with Gasteiger partial charge in [-0.1, -0.05) is 30.4 Å². The maximum absolute atomic E-state index is 14.1. The van der Waals surface area contributed by atoms with Crippen molar-refractivity contribution in [1.82, 2.24) is 0 Å². The molecule has 202 valence electrons. The third kappa shape index (κ3) is 3.77. The summed E-state index contributed by atoms with van der Waals surface area (Å²) in [4.78, 5) is 55.4. The average Bonchev–Trinajstić information content (AvgIpc) is 3.45. The SMILES string of the molecule is COc1ccc(N2C(=O)[C@@H]3[C@H](C2=O)[C@@H](C(=O)Nc2ccc([N+](=O)[O-])cc2)N2c4ccccc4C=C[C@@H]32)c(OC)c1. The van der Waals surface area contributed by atoms with Crippen LogP contribution in [0.5, 0.6) is 11.5 Å². The lowest BCUT2D eigenvalue weighted by molar-refractivity contribution is -0.384. The Morgan fingerprint density at radius 1 is 0.925 bits per heavy atom. The number of hydrogen-bond donors (Lipinski definition) is 1. The summed E-state index contributed by atoms with van der Waals surface area (Å²) in [6, 6.07) is 16.2. The maximum atomic E-state index is 14.1. The van der Waals surface area contributed by atoms with Crippen molar-refractivity contribution >= 4 is 46.5 Å². The monoisotopic (exact) mass is 540 g/mol. The van der Waals surface area contributed by atoms with Gasteiger partial charge in [-0.15, -0.1) is 0 Å². The van der Waals surface area contributed by atoms with Gasteiger partial charge in [-0.25, -0.2) is 4.90 Å². The van der Waals surface area contributed by atoms with Crippen LogP contribution in [0.3, 0.4) is 0 Å². The number of carbonyl (C=O) groups is 3. The van der Waals surface area contributed by atoms with Gasteiger partial charge in [0.15, 0.2) is 0 Å². The Bertz CT molecular complexity index is 1590. The second-order valence-electron chi connectivity index (χ2n) is 9.66. The van der Waals surface area contributed by atoms with E-state index in [0.29, 0.717) is 11.4 Å². The van der Waals surface area contributed by atoms with Crippen molar-refractivity contribution in [2.24, 2.45) is 11.8 Å². The molecule has 4 atom stereocenters. The molecule has 0 unspecified atom stereocenters. The van der Waals surface area contributed by atoms with Crippen molar-refractivity contribution in [3.8, 4) is 11.5 Å². The molecule has 3 heterocycles. The van der Waals surface area contributed by atoms with Crippen LogP contribution in [0.15, 0.2) is 72.8 Å². The average molecular weight is 541 g/mol. The zero-order valence-corrected chi connectivity index (χ0v) is 21.5. The molecule has 0 radical (unpaired) electrons. The summed E-state index contributed by atoms with van der Waals surface area (Å²) in [7, 11) is 2.94. The first kappa shape index (κ1) is 25.1. The topological polar surface area (TPSA) is 131 Å². The van der Waals surface area contributed by atoms with E-state index in [2.05, 4.69) is 5.32 Å². The minimum atomic E-state index is -1.03. The molecule has 2 fully saturated rings. The number of para-hydroxylation sites is 1. The Labute approximate surface area is 228 Å². The number of rotatable bonds is 6. The standard InChI is InChI=1S/C29H24N4O7/c1-39-19-12-14-21(23(15-19)40-2)32-28(35)24-22-13-7-16-5-3-4-6-20(16)31(22)26(25(24)29(32)36)27(34)30-17-8-10-18(11-9-17)33(37)38/h3-15,22,24-26H,1-2H3,(H,30,34)/t22-,24-,25-,26-/m0/s1. The van der Waals surface area contributed by atoms with Crippen LogP contribution >= 0.6 is 0 Å². The van der Waals surface area contributed by atoms with Crippen molar-refractivity contribution < 1.29 is 28.8 Å². The molecule has 2 saturated heterocycles. The Hall–Kier alpha value is -5.19. The van der Waals surface area contributed by atoms with Gasteiger partial charge in [0.25, 0.3) is 5.69 Å². The van der Waals surface area contributed by atoms with Crippen molar-refractivity contribution in [3.05, 3.63) is 88.5 Å². The van der Waals surface area contributed by atoms with Crippen LogP contribution in [0, 0.1) is 22.0 Å². The smallest absolute Gasteiger partial charge is 0.269 e. The van der Waals surface area contributed by atoms with E-state index < -0.39 is 46.6 Å². The number of non-ortho nitro benzene ring substituents is 1. The summed E-state index contributed by atoms with van der Waals surface area (Å²) in [6.45, 7) is 0. The van der Waals surface area contributed by atoms with Crippen molar-refractivity contribution in [3.63, 3.8) is 0 Å². The number of nitro groups is 1. The van der Waals surface area contributed by atoms with Gasteiger partial charge in [-0.05, 0) is 35.9 Å². The second kappa shape index (κ2) is 9.53. The number of imide groups is 1. The molecule has 3 aromatic carbocycles. The molecule has 0 saturated carbocycles. The molecule has 3 aromatic rings. The predicted octanol–water partition coefficient (Wildman–Crippen LogP) is 3.64. The molecule has 6 rings (SSSR count). The van der Waals surface area contributed by atoms with Gasteiger partial charge < -0.3 is 19.7 Å². The second-order valence-corrected chi connectivity index (χ2v) is 9.66. The van der Waals surface area contributed by atoms with E-state index in [-0.39, 0.29) is 17.1 Å². The fourth-order valence-corrected chi connectivity index (χ4v) is 5.90. The molecule has 11 nitrogen and oxygen atoms in total. The van der Waals surface area contributed by atoms with E-state index in [1.165, 1.54) is 38.5 Å². The van der Waals surface area contributed by atoms with Crippen LogP contribution in [0.25, 0.3) is 6.08 Å². The number of carbonyl (C=O) groups excluding carboxylic acids is 3.